The Hall–Kier alpha value is -1.40. The fraction of sp³-hybridized carbons (Fsp3) is 0.385. The van der Waals surface area contributed by atoms with Crippen molar-refractivity contribution in [3.8, 4) is 5.75 Å². The minimum Gasteiger partial charge on any atom is -0.484 e. The number of nitrogens with zero attached hydrogens (tertiary/aromatic N) is 2. The van der Waals surface area contributed by atoms with Gasteiger partial charge in [0.1, 0.15) is 5.75 Å². The first-order valence-electron chi connectivity index (χ1n) is 6.07. The van der Waals surface area contributed by atoms with Gasteiger partial charge in [-0.3, -0.25) is 0 Å². The summed E-state index contributed by atoms with van der Waals surface area (Å²) >= 11 is 3.39. The van der Waals surface area contributed by atoms with Gasteiger partial charge in [0.05, 0.1) is 11.1 Å². The van der Waals surface area contributed by atoms with Crippen LogP contribution in [0.2, 0.25) is 0 Å². The predicted octanol–water partition coefficient (Wildman–Crippen LogP) is 2.86. The summed E-state index contributed by atoms with van der Waals surface area (Å²) in [6.45, 7) is 2.18. The fourth-order valence-electron chi connectivity index (χ4n) is 1.64. The summed E-state index contributed by atoms with van der Waals surface area (Å²) in [5.41, 5.74) is 0.714. The molecule has 0 atom stereocenters. The molecule has 102 valence electrons. The molecule has 1 aromatic heterocycles. The quantitative estimate of drug-likeness (QED) is 0.883. The largest absolute Gasteiger partial charge is 0.484 e. The molecule has 0 unspecified atom stereocenters. The van der Waals surface area contributed by atoms with Crippen molar-refractivity contribution in [1.82, 2.24) is 10.1 Å². The number of hydrogen-bond donors (Lipinski definition) is 1. The molecule has 0 aliphatic carbocycles. The van der Waals surface area contributed by atoms with Gasteiger partial charge in [-0.25, -0.2) is 0 Å². The van der Waals surface area contributed by atoms with E-state index in [-0.39, 0.29) is 13.2 Å². The Kier molecular flexibility index (Phi) is 4.93. The molecule has 0 fully saturated rings. The van der Waals surface area contributed by atoms with Gasteiger partial charge in [-0.1, -0.05) is 24.2 Å². The molecule has 0 saturated heterocycles. The van der Waals surface area contributed by atoms with E-state index in [0.717, 1.165) is 17.3 Å². The molecule has 0 aliphatic heterocycles. The lowest BCUT2D eigenvalue weighted by atomic mass is 10.2. The molecule has 6 heteroatoms. The van der Waals surface area contributed by atoms with Crippen molar-refractivity contribution in [2.24, 2.45) is 0 Å². The van der Waals surface area contributed by atoms with Gasteiger partial charge < -0.3 is 14.4 Å². The summed E-state index contributed by atoms with van der Waals surface area (Å²) in [4.78, 5) is 4.22. The lowest BCUT2D eigenvalue weighted by Crippen LogP contribution is -2.01. The van der Waals surface area contributed by atoms with Gasteiger partial charge in [0.2, 0.25) is 11.7 Å². The molecule has 2 rings (SSSR count). The zero-order valence-corrected chi connectivity index (χ0v) is 12.2. The number of ether oxygens (including phenoxy) is 1. The van der Waals surface area contributed by atoms with E-state index >= 15 is 0 Å². The van der Waals surface area contributed by atoms with Gasteiger partial charge in [0.25, 0.3) is 0 Å². The summed E-state index contributed by atoms with van der Waals surface area (Å²) < 4.78 is 11.5. The number of halogens is 1. The molecule has 0 radical (unpaired) electrons. The lowest BCUT2D eigenvalue weighted by molar-refractivity contribution is 0.251. The van der Waals surface area contributed by atoms with Gasteiger partial charge in [-0.15, -0.1) is 0 Å². The number of benzene rings is 1. The summed E-state index contributed by atoms with van der Waals surface area (Å²) in [6, 6.07) is 5.50. The highest BCUT2D eigenvalue weighted by Gasteiger charge is 2.10. The van der Waals surface area contributed by atoms with Crippen LogP contribution in [-0.4, -0.2) is 15.2 Å². The van der Waals surface area contributed by atoms with Crippen molar-refractivity contribution in [3.63, 3.8) is 0 Å². The minimum atomic E-state index is -0.0812. The third-order valence-corrected chi connectivity index (χ3v) is 3.16. The fourth-order valence-corrected chi connectivity index (χ4v) is 2.16. The van der Waals surface area contributed by atoms with Crippen LogP contribution in [0.15, 0.2) is 27.2 Å². The Bertz CT molecular complexity index is 542. The molecular weight excluding hydrogens is 312 g/mol. The normalized spacial score (nSPS) is 10.7. The Morgan fingerprint density at radius 1 is 1.42 bits per heavy atom. The third-order valence-electron chi connectivity index (χ3n) is 2.54. The van der Waals surface area contributed by atoms with Crippen LogP contribution in [-0.2, 0) is 19.6 Å². The van der Waals surface area contributed by atoms with Crippen LogP contribution >= 0.6 is 15.9 Å². The molecule has 0 aliphatic rings. The second kappa shape index (κ2) is 6.68. The molecule has 0 spiro atoms. The van der Waals surface area contributed by atoms with Crippen LogP contribution in [0.25, 0.3) is 0 Å². The number of aliphatic hydroxyl groups is 1. The molecule has 0 amide bonds. The maximum atomic E-state index is 9.26. The van der Waals surface area contributed by atoms with E-state index in [9.17, 15) is 5.11 Å². The molecule has 0 saturated carbocycles. The van der Waals surface area contributed by atoms with Crippen LogP contribution in [0.5, 0.6) is 5.75 Å². The second-order valence-electron chi connectivity index (χ2n) is 4.03. The number of aryl methyl sites for hydroxylation is 1. The predicted molar refractivity (Wildman–Crippen MR) is 72.7 cm³/mol. The van der Waals surface area contributed by atoms with Crippen LogP contribution in [0.4, 0.5) is 0 Å². The number of para-hydroxylation sites is 1. The van der Waals surface area contributed by atoms with E-state index in [1.807, 2.05) is 12.1 Å². The molecule has 5 nitrogen and oxygen atoms in total. The Labute approximate surface area is 119 Å². The van der Waals surface area contributed by atoms with E-state index in [1.165, 1.54) is 0 Å². The first kappa shape index (κ1) is 14.0. The van der Waals surface area contributed by atoms with Crippen molar-refractivity contribution >= 4 is 15.9 Å². The van der Waals surface area contributed by atoms with Crippen LogP contribution in [0, 0.1) is 0 Å². The Morgan fingerprint density at radius 3 is 3.00 bits per heavy atom. The van der Waals surface area contributed by atoms with Crippen molar-refractivity contribution in [1.29, 1.82) is 0 Å². The van der Waals surface area contributed by atoms with E-state index in [2.05, 4.69) is 33.0 Å². The molecule has 19 heavy (non-hydrogen) atoms. The monoisotopic (exact) mass is 326 g/mol. The van der Waals surface area contributed by atoms with Crippen molar-refractivity contribution in [3.05, 3.63) is 40.0 Å². The molecule has 0 bridgehead atoms. The van der Waals surface area contributed by atoms with Gasteiger partial charge in [0, 0.05) is 12.0 Å². The molecular formula is C13H15BrN2O3. The SMILES string of the molecule is CCCc1nc(COc2c(Br)cccc2CO)no1. The lowest BCUT2D eigenvalue weighted by Gasteiger charge is -2.10. The maximum Gasteiger partial charge on any atom is 0.226 e. The highest BCUT2D eigenvalue weighted by Crippen LogP contribution is 2.29. The first-order chi connectivity index (χ1) is 9.24. The number of hydrogen-bond acceptors (Lipinski definition) is 5. The average molecular weight is 327 g/mol. The van der Waals surface area contributed by atoms with Crippen LogP contribution < -0.4 is 4.74 Å². The maximum absolute atomic E-state index is 9.26. The van der Waals surface area contributed by atoms with E-state index in [4.69, 9.17) is 9.26 Å². The van der Waals surface area contributed by atoms with Crippen LogP contribution in [0.1, 0.15) is 30.6 Å². The Morgan fingerprint density at radius 2 is 2.26 bits per heavy atom. The molecule has 1 aromatic carbocycles. The summed E-state index contributed by atoms with van der Waals surface area (Å²) in [6.07, 6.45) is 1.73. The standard InChI is InChI=1S/C13H15BrN2O3/c1-2-4-12-15-11(16-19-12)8-18-13-9(7-17)5-3-6-10(13)14/h3,5-6,17H,2,4,7-8H2,1H3. The highest BCUT2D eigenvalue weighted by atomic mass is 79.9. The smallest absolute Gasteiger partial charge is 0.226 e. The van der Waals surface area contributed by atoms with E-state index < -0.39 is 0 Å². The van der Waals surface area contributed by atoms with E-state index in [0.29, 0.717) is 23.0 Å². The van der Waals surface area contributed by atoms with Crippen molar-refractivity contribution in [2.45, 2.75) is 33.0 Å². The van der Waals surface area contributed by atoms with Gasteiger partial charge in [-0.05, 0) is 28.4 Å². The third kappa shape index (κ3) is 3.54. The van der Waals surface area contributed by atoms with Gasteiger partial charge >= 0.3 is 0 Å². The molecule has 1 heterocycles. The zero-order valence-electron chi connectivity index (χ0n) is 10.6. The Balaban J connectivity index is 2.05. The summed E-state index contributed by atoms with van der Waals surface area (Å²) in [5.74, 6) is 1.73. The number of aliphatic hydroxyl groups excluding tert-OH is 1. The summed E-state index contributed by atoms with van der Waals surface area (Å²) in [5, 5.41) is 13.1. The first-order valence-corrected chi connectivity index (χ1v) is 6.86. The van der Waals surface area contributed by atoms with Crippen LogP contribution in [0.3, 0.4) is 0 Å². The summed E-state index contributed by atoms with van der Waals surface area (Å²) in [7, 11) is 0. The van der Waals surface area contributed by atoms with Gasteiger partial charge in [-0.2, -0.15) is 4.98 Å². The number of rotatable bonds is 6. The topological polar surface area (TPSA) is 68.4 Å². The second-order valence-corrected chi connectivity index (χ2v) is 4.88. The van der Waals surface area contributed by atoms with Gasteiger partial charge in [0.15, 0.2) is 6.61 Å². The zero-order chi connectivity index (χ0) is 13.7. The highest BCUT2D eigenvalue weighted by molar-refractivity contribution is 9.10. The number of aromatic nitrogens is 2. The van der Waals surface area contributed by atoms with Crippen molar-refractivity contribution in [2.75, 3.05) is 0 Å². The average Bonchev–Trinajstić information content (AvgIpc) is 2.85. The molecule has 2 aromatic rings. The minimum absolute atomic E-state index is 0.0812. The van der Waals surface area contributed by atoms with Crippen molar-refractivity contribution < 1.29 is 14.4 Å². The molecule has 1 N–H and O–H groups in total. The van der Waals surface area contributed by atoms with E-state index in [1.54, 1.807) is 6.07 Å².